The first-order valence-electron chi connectivity index (χ1n) is 9.80. The maximum Gasteiger partial charge on any atom is 0.414 e. The van der Waals surface area contributed by atoms with Crippen molar-refractivity contribution >= 4 is 29.2 Å². The average Bonchev–Trinajstić information content (AvgIpc) is 3.23. The van der Waals surface area contributed by atoms with Crippen molar-refractivity contribution in [2.24, 2.45) is 0 Å². The van der Waals surface area contributed by atoms with Crippen molar-refractivity contribution in [3.05, 3.63) is 24.3 Å². The van der Waals surface area contributed by atoms with Gasteiger partial charge in [-0.1, -0.05) is 19.3 Å². The van der Waals surface area contributed by atoms with Crippen molar-refractivity contribution in [3.63, 3.8) is 0 Å². The molecule has 0 spiro atoms. The van der Waals surface area contributed by atoms with Crippen molar-refractivity contribution in [1.82, 2.24) is 5.32 Å². The van der Waals surface area contributed by atoms with Crippen LogP contribution in [0.15, 0.2) is 24.3 Å². The fraction of sp³-hybridized carbons (Fsp3) is 0.550. The molecule has 0 aromatic heterocycles. The SMILES string of the molecule is O=C(CNC1CCCCC1)Nc1ccc(N2CCCC2)cc1.O=C(O)C(=O)O. The molecule has 0 radical (unpaired) electrons. The Labute approximate surface area is 164 Å². The maximum atomic E-state index is 12.0. The van der Waals surface area contributed by atoms with E-state index in [0.29, 0.717) is 12.6 Å². The minimum Gasteiger partial charge on any atom is -0.473 e. The lowest BCUT2D eigenvalue weighted by molar-refractivity contribution is -0.159. The van der Waals surface area contributed by atoms with Crippen LogP contribution < -0.4 is 15.5 Å². The highest BCUT2D eigenvalue weighted by atomic mass is 16.4. The lowest BCUT2D eigenvalue weighted by Gasteiger charge is -2.22. The van der Waals surface area contributed by atoms with E-state index in [1.165, 1.54) is 50.6 Å². The van der Waals surface area contributed by atoms with Gasteiger partial charge in [0.1, 0.15) is 0 Å². The Bertz CT molecular complexity index is 638. The van der Waals surface area contributed by atoms with Crippen molar-refractivity contribution < 1.29 is 24.6 Å². The molecule has 1 aliphatic carbocycles. The number of benzene rings is 1. The topological polar surface area (TPSA) is 119 Å². The van der Waals surface area contributed by atoms with Gasteiger partial charge in [0.25, 0.3) is 0 Å². The first-order chi connectivity index (χ1) is 13.5. The van der Waals surface area contributed by atoms with Crippen LogP contribution >= 0.6 is 0 Å². The highest BCUT2D eigenvalue weighted by Gasteiger charge is 2.14. The summed E-state index contributed by atoms with van der Waals surface area (Å²) in [6.45, 7) is 2.71. The van der Waals surface area contributed by atoms with E-state index in [4.69, 9.17) is 19.8 Å². The molecular formula is C20H29N3O5. The zero-order chi connectivity index (χ0) is 20.4. The van der Waals surface area contributed by atoms with Crippen molar-refractivity contribution in [3.8, 4) is 0 Å². The van der Waals surface area contributed by atoms with Gasteiger partial charge < -0.3 is 25.7 Å². The van der Waals surface area contributed by atoms with E-state index in [1.54, 1.807) is 0 Å². The van der Waals surface area contributed by atoms with Crippen molar-refractivity contribution in [2.75, 3.05) is 29.9 Å². The predicted octanol–water partition coefficient (Wildman–Crippen LogP) is 2.30. The maximum absolute atomic E-state index is 12.0. The number of hydrogen-bond acceptors (Lipinski definition) is 5. The molecule has 1 amide bonds. The molecule has 0 bridgehead atoms. The number of carboxylic acid groups (broad SMARTS) is 2. The van der Waals surface area contributed by atoms with Crippen LogP contribution in [0.25, 0.3) is 0 Å². The minimum atomic E-state index is -1.82. The van der Waals surface area contributed by atoms with Gasteiger partial charge in [-0.25, -0.2) is 9.59 Å². The first-order valence-corrected chi connectivity index (χ1v) is 9.80. The lowest BCUT2D eigenvalue weighted by Crippen LogP contribution is -2.37. The van der Waals surface area contributed by atoms with Crippen LogP contribution in [0, 0.1) is 0 Å². The summed E-state index contributed by atoms with van der Waals surface area (Å²) in [5.41, 5.74) is 2.15. The molecule has 1 heterocycles. The number of carbonyl (C=O) groups excluding carboxylic acids is 1. The van der Waals surface area contributed by atoms with Gasteiger partial charge in [0.05, 0.1) is 6.54 Å². The number of aliphatic carboxylic acids is 2. The fourth-order valence-electron chi connectivity index (χ4n) is 3.48. The summed E-state index contributed by atoms with van der Waals surface area (Å²) in [4.78, 5) is 32.6. The zero-order valence-corrected chi connectivity index (χ0v) is 16.0. The summed E-state index contributed by atoms with van der Waals surface area (Å²) in [5, 5.41) is 21.1. The third-order valence-corrected chi connectivity index (χ3v) is 4.96. The van der Waals surface area contributed by atoms with Crippen LogP contribution in [0.4, 0.5) is 11.4 Å². The van der Waals surface area contributed by atoms with Gasteiger partial charge in [0.2, 0.25) is 5.91 Å². The quantitative estimate of drug-likeness (QED) is 0.569. The van der Waals surface area contributed by atoms with E-state index >= 15 is 0 Å². The summed E-state index contributed by atoms with van der Waals surface area (Å²) in [6.07, 6.45) is 8.90. The summed E-state index contributed by atoms with van der Waals surface area (Å²) in [7, 11) is 0. The number of rotatable bonds is 5. The zero-order valence-electron chi connectivity index (χ0n) is 16.0. The van der Waals surface area contributed by atoms with E-state index in [9.17, 15) is 4.79 Å². The van der Waals surface area contributed by atoms with Crippen molar-refractivity contribution in [2.45, 2.75) is 51.0 Å². The van der Waals surface area contributed by atoms with Crippen LogP contribution in [0.1, 0.15) is 44.9 Å². The second-order valence-electron chi connectivity index (χ2n) is 7.12. The Balaban J connectivity index is 0.000000409. The summed E-state index contributed by atoms with van der Waals surface area (Å²) in [5.74, 6) is -3.59. The number of carboxylic acids is 2. The van der Waals surface area contributed by atoms with Gasteiger partial charge >= 0.3 is 11.9 Å². The van der Waals surface area contributed by atoms with Crippen molar-refractivity contribution in [1.29, 1.82) is 0 Å². The normalized spacial score (nSPS) is 16.8. The van der Waals surface area contributed by atoms with Gasteiger partial charge in [-0.3, -0.25) is 4.79 Å². The Kier molecular flexibility index (Phi) is 8.74. The second-order valence-corrected chi connectivity index (χ2v) is 7.12. The number of amides is 1. The van der Waals surface area contributed by atoms with Gasteiger partial charge in [-0.15, -0.1) is 0 Å². The monoisotopic (exact) mass is 391 g/mol. The largest absolute Gasteiger partial charge is 0.473 e. The molecule has 3 rings (SSSR count). The molecule has 8 nitrogen and oxygen atoms in total. The Hall–Kier alpha value is -2.61. The van der Waals surface area contributed by atoms with Crippen LogP contribution in [0.5, 0.6) is 0 Å². The molecular weight excluding hydrogens is 362 g/mol. The number of carbonyl (C=O) groups is 3. The van der Waals surface area contributed by atoms with Gasteiger partial charge in [-0.2, -0.15) is 0 Å². The van der Waals surface area contributed by atoms with E-state index in [2.05, 4.69) is 27.7 Å². The Morgan fingerprint density at radius 2 is 1.46 bits per heavy atom. The molecule has 0 unspecified atom stereocenters. The molecule has 1 saturated heterocycles. The van der Waals surface area contributed by atoms with E-state index in [1.807, 2.05) is 12.1 Å². The molecule has 0 atom stereocenters. The van der Waals surface area contributed by atoms with Crippen LogP contribution in [-0.2, 0) is 14.4 Å². The summed E-state index contributed by atoms with van der Waals surface area (Å²) >= 11 is 0. The standard InChI is InChI=1S/C18H27N3O.C2H2O4/c22-18(14-19-15-6-2-1-3-7-15)20-16-8-10-17(11-9-16)21-12-4-5-13-21;3-1(4)2(5)6/h8-11,15,19H,1-7,12-14H2,(H,20,22);(H,3,4)(H,5,6). The molecule has 8 heteroatoms. The van der Waals surface area contributed by atoms with Gasteiger partial charge in [0.15, 0.2) is 0 Å². The van der Waals surface area contributed by atoms with E-state index in [0.717, 1.165) is 18.8 Å². The summed E-state index contributed by atoms with van der Waals surface area (Å²) < 4.78 is 0. The molecule has 1 aromatic rings. The number of nitrogens with one attached hydrogen (secondary N) is 2. The third-order valence-electron chi connectivity index (χ3n) is 4.96. The van der Waals surface area contributed by atoms with Gasteiger partial charge in [-0.05, 0) is 49.9 Å². The molecule has 154 valence electrons. The molecule has 2 fully saturated rings. The molecule has 28 heavy (non-hydrogen) atoms. The molecule has 1 aromatic carbocycles. The van der Waals surface area contributed by atoms with E-state index < -0.39 is 11.9 Å². The molecule has 4 N–H and O–H groups in total. The second kappa shape index (κ2) is 11.3. The number of anilines is 2. The number of nitrogens with zero attached hydrogens (tertiary/aromatic N) is 1. The molecule has 1 aliphatic heterocycles. The molecule has 1 saturated carbocycles. The van der Waals surface area contributed by atoms with Crippen LogP contribution in [0.2, 0.25) is 0 Å². The lowest BCUT2D eigenvalue weighted by atomic mass is 9.95. The Morgan fingerprint density at radius 1 is 0.893 bits per heavy atom. The minimum absolute atomic E-state index is 0.0551. The van der Waals surface area contributed by atoms with Crippen LogP contribution in [-0.4, -0.2) is 53.7 Å². The fourth-order valence-corrected chi connectivity index (χ4v) is 3.48. The molecule has 2 aliphatic rings. The number of hydrogen-bond donors (Lipinski definition) is 4. The first kappa shape index (κ1) is 21.7. The highest BCUT2D eigenvalue weighted by Crippen LogP contribution is 2.22. The third kappa shape index (κ3) is 7.56. The van der Waals surface area contributed by atoms with Gasteiger partial charge in [0, 0.05) is 30.5 Å². The smallest absolute Gasteiger partial charge is 0.414 e. The highest BCUT2D eigenvalue weighted by molar-refractivity contribution is 6.27. The Morgan fingerprint density at radius 3 is 2.00 bits per heavy atom. The predicted molar refractivity (Wildman–Crippen MR) is 107 cm³/mol. The average molecular weight is 391 g/mol. The summed E-state index contributed by atoms with van der Waals surface area (Å²) in [6, 6.07) is 8.75. The van der Waals surface area contributed by atoms with E-state index in [-0.39, 0.29) is 5.91 Å². The van der Waals surface area contributed by atoms with Crippen LogP contribution in [0.3, 0.4) is 0 Å².